The third-order valence-corrected chi connectivity index (χ3v) is 13.6. The number of hydrogen-bond acceptors (Lipinski definition) is 4. The predicted octanol–water partition coefficient (Wildman–Crippen LogP) is 16.1. The summed E-state index contributed by atoms with van der Waals surface area (Å²) in [6.45, 7) is 17.9. The number of rotatable bonds is 2. The van der Waals surface area contributed by atoms with Crippen LogP contribution >= 0.6 is 0 Å². The molecule has 4 nitrogen and oxygen atoms in total. The van der Waals surface area contributed by atoms with E-state index in [1.807, 2.05) is 0 Å². The van der Waals surface area contributed by atoms with Gasteiger partial charge in [-0.1, -0.05) is 160 Å². The lowest BCUT2D eigenvalue weighted by Crippen LogP contribution is -2.30. The van der Waals surface area contributed by atoms with Gasteiger partial charge in [-0.2, -0.15) is 0 Å². The molecule has 0 N–H and O–H groups in total. The maximum atomic E-state index is 4.50. The number of benzene rings is 8. The van der Waals surface area contributed by atoms with Crippen molar-refractivity contribution < 1.29 is 0 Å². The highest BCUT2D eigenvalue weighted by atomic mass is 15.2. The van der Waals surface area contributed by atoms with Crippen LogP contribution in [0.3, 0.4) is 0 Å². The zero-order valence-electron chi connectivity index (χ0n) is 38.1. The smallest absolute Gasteiger partial charge is 0.0971 e. The number of aryl methyl sites for hydroxylation is 4. The molecule has 0 radical (unpaired) electrons. The molecule has 9 aromatic rings. The van der Waals surface area contributed by atoms with Crippen LogP contribution in [0.25, 0.3) is 33.3 Å². The van der Waals surface area contributed by atoms with Crippen molar-refractivity contribution in [1.82, 2.24) is 9.97 Å². The van der Waals surface area contributed by atoms with Crippen LogP contribution in [0.5, 0.6) is 0 Å². The van der Waals surface area contributed by atoms with E-state index in [1.54, 1.807) is 12.4 Å². The van der Waals surface area contributed by atoms with Crippen LogP contribution in [0.15, 0.2) is 182 Å². The second kappa shape index (κ2) is 15.8. The van der Waals surface area contributed by atoms with Gasteiger partial charge in [-0.05, 0) is 115 Å². The van der Waals surface area contributed by atoms with Crippen molar-refractivity contribution in [2.24, 2.45) is 0 Å². The molecule has 12 rings (SSSR count). The molecule has 0 unspecified atom stereocenters. The molecule has 3 aliphatic rings. The Morgan fingerprint density at radius 1 is 0.344 bits per heavy atom. The quantitative estimate of drug-likeness (QED) is 0.174. The molecule has 0 saturated carbocycles. The van der Waals surface area contributed by atoms with Gasteiger partial charge >= 0.3 is 0 Å². The molecular weight excluding hydrogens is 777 g/mol. The summed E-state index contributed by atoms with van der Waals surface area (Å²) in [6, 6.07) is 61.3. The molecule has 0 bridgehead atoms. The molecule has 0 spiro atoms. The molecular formula is C60H54N4. The van der Waals surface area contributed by atoms with Crippen molar-refractivity contribution >= 4 is 44.9 Å². The molecule has 0 fully saturated rings. The Kier molecular flexibility index (Phi) is 10.1. The number of anilines is 6. The Labute approximate surface area is 378 Å². The monoisotopic (exact) mass is 830 g/mol. The van der Waals surface area contributed by atoms with Crippen LogP contribution in [-0.2, 0) is 10.8 Å². The van der Waals surface area contributed by atoms with Crippen LogP contribution in [-0.4, -0.2) is 9.97 Å². The zero-order valence-corrected chi connectivity index (χ0v) is 38.1. The fraction of sp³-hybridized carbons (Fsp3) is 0.167. The molecule has 64 heavy (non-hydrogen) atoms. The second-order valence-electron chi connectivity index (χ2n) is 18.5. The lowest BCUT2D eigenvalue weighted by molar-refractivity contribution is 0.631. The van der Waals surface area contributed by atoms with Gasteiger partial charge in [-0.15, -0.1) is 0 Å². The molecule has 0 saturated heterocycles. The minimum Gasteiger partial charge on any atom is -0.310 e. The number of hydrogen-bond donors (Lipinski definition) is 0. The predicted molar refractivity (Wildman–Crippen MR) is 269 cm³/mol. The van der Waals surface area contributed by atoms with E-state index in [-0.39, 0.29) is 10.8 Å². The summed E-state index contributed by atoms with van der Waals surface area (Å²) in [7, 11) is 0. The minimum atomic E-state index is 0.00832. The Hall–Kier alpha value is -7.30. The molecule has 314 valence electrons. The van der Waals surface area contributed by atoms with Crippen LogP contribution < -0.4 is 9.80 Å². The first-order valence-corrected chi connectivity index (χ1v) is 22.4. The summed E-state index contributed by atoms with van der Waals surface area (Å²) < 4.78 is 0. The standard InChI is InChI=1S/2C22H21N.C16H12N2/c2*1-16-12-14-17(15-13-16)23-20-10-6-4-8-18(20)22(2,3)19-9-5-7-11-21(19)23;1-9-3-5-11-14-12(6-4-10(2)13(9)14)16-15(11)17-7-8-18-16/h2*4-15H,1-3H3;3-8H,1-2H3. The fourth-order valence-corrected chi connectivity index (χ4v) is 10.3. The molecule has 0 atom stereocenters. The first-order valence-electron chi connectivity index (χ1n) is 22.4. The van der Waals surface area contributed by atoms with Gasteiger partial charge in [0, 0.05) is 51.1 Å². The van der Waals surface area contributed by atoms with Crippen molar-refractivity contribution in [3.63, 3.8) is 0 Å². The van der Waals surface area contributed by atoms with E-state index in [1.165, 1.54) is 101 Å². The van der Waals surface area contributed by atoms with E-state index < -0.39 is 0 Å². The molecule has 3 heterocycles. The molecule has 4 heteroatoms. The van der Waals surface area contributed by atoms with Crippen LogP contribution in [0.2, 0.25) is 0 Å². The summed E-state index contributed by atoms with van der Waals surface area (Å²) in [5.74, 6) is 0. The van der Waals surface area contributed by atoms with Crippen LogP contribution in [0, 0.1) is 27.7 Å². The molecule has 1 aliphatic carbocycles. The topological polar surface area (TPSA) is 32.3 Å². The second-order valence-corrected chi connectivity index (χ2v) is 18.5. The molecule has 0 amide bonds. The Bertz CT molecular complexity index is 2900. The lowest BCUT2D eigenvalue weighted by atomic mass is 9.73. The highest BCUT2D eigenvalue weighted by Gasteiger charge is 2.37. The summed E-state index contributed by atoms with van der Waals surface area (Å²) in [5.41, 5.74) is 22.7. The van der Waals surface area contributed by atoms with Gasteiger partial charge in [0.1, 0.15) is 0 Å². The van der Waals surface area contributed by atoms with E-state index in [9.17, 15) is 0 Å². The van der Waals surface area contributed by atoms with E-state index >= 15 is 0 Å². The maximum absolute atomic E-state index is 4.50. The van der Waals surface area contributed by atoms with Gasteiger partial charge in [0.05, 0.1) is 34.1 Å². The van der Waals surface area contributed by atoms with Crippen molar-refractivity contribution in [2.45, 2.75) is 66.2 Å². The number of nitrogens with zero attached hydrogens (tertiary/aromatic N) is 4. The highest BCUT2D eigenvalue weighted by molar-refractivity contribution is 6.15. The Balaban J connectivity index is 0.000000114. The summed E-state index contributed by atoms with van der Waals surface area (Å²) in [5, 5.41) is 2.67. The highest BCUT2D eigenvalue weighted by Crippen LogP contribution is 2.53. The van der Waals surface area contributed by atoms with Crippen molar-refractivity contribution in [3.05, 3.63) is 227 Å². The van der Waals surface area contributed by atoms with Gasteiger partial charge in [-0.25, -0.2) is 0 Å². The van der Waals surface area contributed by atoms with Crippen molar-refractivity contribution in [3.8, 4) is 22.5 Å². The summed E-state index contributed by atoms with van der Waals surface area (Å²) >= 11 is 0. The average Bonchev–Trinajstić information content (AvgIpc) is 3.64. The van der Waals surface area contributed by atoms with Gasteiger partial charge < -0.3 is 9.80 Å². The van der Waals surface area contributed by atoms with Gasteiger partial charge in [0.2, 0.25) is 0 Å². The van der Waals surface area contributed by atoms with Gasteiger partial charge in [0.15, 0.2) is 0 Å². The Morgan fingerprint density at radius 2 is 0.656 bits per heavy atom. The maximum Gasteiger partial charge on any atom is 0.0971 e. The van der Waals surface area contributed by atoms with Gasteiger partial charge in [0.25, 0.3) is 0 Å². The van der Waals surface area contributed by atoms with E-state index in [0.29, 0.717) is 0 Å². The first-order chi connectivity index (χ1) is 30.9. The molecule has 1 aromatic heterocycles. The van der Waals surface area contributed by atoms with E-state index in [2.05, 4.69) is 245 Å². The van der Waals surface area contributed by atoms with Crippen molar-refractivity contribution in [2.75, 3.05) is 9.80 Å². The zero-order chi connectivity index (χ0) is 44.3. The fourth-order valence-electron chi connectivity index (χ4n) is 10.3. The summed E-state index contributed by atoms with van der Waals surface area (Å²) in [6.07, 6.45) is 3.53. The van der Waals surface area contributed by atoms with Gasteiger partial charge in [-0.3, -0.25) is 9.97 Å². The third kappa shape index (κ3) is 6.68. The molecule has 8 aromatic carbocycles. The third-order valence-electron chi connectivity index (χ3n) is 13.6. The molecule has 2 aliphatic heterocycles. The number of para-hydroxylation sites is 4. The minimum absolute atomic E-state index is 0.00832. The lowest BCUT2D eigenvalue weighted by Gasteiger charge is -2.42. The van der Waals surface area contributed by atoms with E-state index in [0.717, 1.165) is 11.4 Å². The normalized spacial score (nSPS) is 14.1. The Morgan fingerprint density at radius 3 is 0.984 bits per heavy atom. The number of aromatic nitrogens is 2. The SMILES string of the molecule is Cc1ccc(N2c3ccccc3C(C)(C)c3ccccc32)cc1.Cc1ccc(N2c3ccccc3C(C)(C)c3ccccc32)cc1.Cc1ccc2c3c(ccc(C)c13)-c1nccnc1-2. The summed E-state index contributed by atoms with van der Waals surface area (Å²) in [4.78, 5) is 13.8. The van der Waals surface area contributed by atoms with E-state index in [4.69, 9.17) is 0 Å². The van der Waals surface area contributed by atoms with Crippen LogP contribution in [0.1, 0.15) is 72.2 Å². The first kappa shape index (κ1) is 40.8. The van der Waals surface area contributed by atoms with Crippen LogP contribution in [0.4, 0.5) is 34.1 Å². The average molecular weight is 831 g/mol. The number of fused-ring (bicyclic) bond motifs is 7. The largest absolute Gasteiger partial charge is 0.310 e. The van der Waals surface area contributed by atoms with Crippen molar-refractivity contribution in [1.29, 1.82) is 0 Å².